The van der Waals surface area contributed by atoms with Crippen LogP contribution < -0.4 is 0 Å². The van der Waals surface area contributed by atoms with Crippen LogP contribution in [-0.4, -0.2) is 5.78 Å². The third-order valence-corrected chi connectivity index (χ3v) is 4.99. The quantitative estimate of drug-likeness (QED) is 0.711. The summed E-state index contributed by atoms with van der Waals surface area (Å²) in [6.07, 6.45) is 0.209. The van der Waals surface area contributed by atoms with Gasteiger partial charge in [-0.2, -0.15) is 0 Å². The highest BCUT2D eigenvalue weighted by atomic mass is 79.9. The second-order valence-corrected chi connectivity index (χ2v) is 6.01. The van der Waals surface area contributed by atoms with Crippen molar-refractivity contribution in [3.8, 4) is 0 Å². The van der Waals surface area contributed by atoms with E-state index >= 15 is 0 Å². The van der Waals surface area contributed by atoms with Crippen LogP contribution in [0.2, 0.25) is 5.02 Å². The highest BCUT2D eigenvalue weighted by molar-refractivity contribution is 9.10. The molecule has 0 unspecified atom stereocenters. The van der Waals surface area contributed by atoms with Crippen LogP contribution in [0.1, 0.15) is 20.8 Å². The van der Waals surface area contributed by atoms with E-state index in [0.29, 0.717) is 14.4 Å². The average molecular weight is 348 g/mol. The topological polar surface area (TPSA) is 17.1 Å². The number of aryl methyl sites for hydroxylation is 1. The first-order valence-corrected chi connectivity index (χ1v) is 7.25. The summed E-state index contributed by atoms with van der Waals surface area (Å²) in [5.41, 5.74) is 1.66. The Morgan fingerprint density at radius 2 is 2.22 bits per heavy atom. The van der Waals surface area contributed by atoms with Gasteiger partial charge in [0.25, 0.3) is 0 Å². The minimum atomic E-state index is -0.330. The van der Waals surface area contributed by atoms with Gasteiger partial charge in [0.1, 0.15) is 5.82 Å². The van der Waals surface area contributed by atoms with E-state index in [2.05, 4.69) is 15.9 Å². The molecule has 0 bridgehead atoms. The van der Waals surface area contributed by atoms with E-state index in [9.17, 15) is 9.18 Å². The third kappa shape index (κ3) is 2.82. The summed E-state index contributed by atoms with van der Waals surface area (Å²) in [4.78, 5) is 12.7. The van der Waals surface area contributed by atoms with Crippen molar-refractivity contribution in [1.29, 1.82) is 0 Å². The molecule has 0 saturated carbocycles. The first-order valence-electron chi connectivity index (χ1n) is 5.19. The molecule has 1 aromatic carbocycles. The van der Waals surface area contributed by atoms with Crippen LogP contribution in [0.5, 0.6) is 0 Å². The predicted octanol–water partition coefficient (Wildman–Crippen LogP) is 5.04. The van der Waals surface area contributed by atoms with Crippen LogP contribution in [0.15, 0.2) is 28.1 Å². The summed E-state index contributed by atoms with van der Waals surface area (Å²) in [5, 5.41) is 2.37. The van der Waals surface area contributed by atoms with Crippen molar-refractivity contribution < 1.29 is 9.18 Å². The Bertz CT molecular complexity index is 609. The third-order valence-electron chi connectivity index (χ3n) is 2.52. The fourth-order valence-corrected chi connectivity index (χ4v) is 3.27. The monoisotopic (exact) mass is 346 g/mol. The van der Waals surface area contributed by atoms with Crippen molar-refractivity contribution in [1.82, 2.24) is 0 Å². The van der Waals surface area contributed by atoms with E-state index in [4.69, 9.17) is 11.6 Å². The van der Waals surface area contributed by atoms with Gasteiger partial charge < -0.3 is 0 Å². The zero-order chi connectivity index (χ0) is 13.3. The molecule has 18 heavy (non-hydrogen) atoms. The Morgan fingerprint density at radius 1 is 1.50 bits per heavy atom. The minimum absolute atomic E-state index is 0.0505. The van der Waals surface area contributed by atoms with Crippen LogP contribution in [0.4, 0.5) is 4.39 Å². The summed E-state index contributed by atoms with van der Waals surface area (Å²) >= 11 is 10.6. The zero-order valence-electron chi connectivity index (χ0n) is 9.47. The lowest BCUT2D eigenvalue weighted by Crippen LogP contribution is -2.03. The number of hydrogen-bond acceptors (Lipinski definition) is 2. The van der Waals surface area contributed by atoms with Crippen LogP contribution in [0, 0.1) is 12.7 Å². The second-order valence-electron chi connectivity index (χ2n) is 3.90. The van der Waals surface area contributed by atoms with Crippen LogP contribution in [0.25, 0.3) is 0 Å². The molecule has 0 atom stereocenters. The Balaban J connectivity index is 2.24. The van der Waals surface area contributed by atoms with Gasteiger partial charge in [0.05, 0.1) is 9.90 Å². The fourth-order valence-electron chi connectivity index (χ4n) is 1.54. The maximum Gasteiger partial charge on any atom is 0.178 e. The number of benzene rings is 1. The lowest BCUT2D eigenvalue weighted by Gasteiger charge is -2.03. The summed E-state index contributed by atoms with van der Waals surface area (Å²) in [7, 11) is 0. The molecule has 1 heterocycles. The molecule has 0 fully saturated rings. The van der Waals surface area contributed by atoms with E-state index in [-0.39, 0.29) is 18.0 Å². The lowest BCUT2D eigenvalue weighted by molar-refractivity contribution is 0.0996. The van der Waals surface area contributed by atoms with Gasteiger partial charge in [-0.3, -0.25) is 4.79 Å². The van der Waals surface area contributed by atoms with E-state index in [0.717, 1.165) is 11.1 Å². The number of thiophene rings is 1. The number of hydrogen-bond donors (Lipinski definition) is 0. The smallest absolute Gasteiger partial charge is 0.178 e. The van der Waals surface area contributed by atoms with E-state index in [1.54, 1.807) is 6.07 Å². The molecule has 94 valence electrons. The Morgan fingerprint density at radius 3 is 2.78 bits per heavy atom. The molecule has 0 aliphatic heterocycles. The molecule has 2 rings (SSSR count). The highest BCUT2D eigenvalue weighted by Crippen LogP contribution is 2.29. The van der Waals surface area contributed by atoms with Crippen LogP contribution >= 0.6 is 38.9 Å². The number of Topliss-reactive ketones (excluding diaryl/α,β-unsaturated/α-hetero) is 1. The molecule has 0 aliphatic carbocycles. The van der Waals surface area contributed by atoms with Crippen molar-refractivity contribution in [2.24, 2.45) is 0 Å². The fraction of sp³-hybridized carbons (Fsp3) is 0.154. The van der Waals surface area contributed by atoms with Crippen molar-refractivity contribution in [3.63, 3.8) is 0 Å². The van der Waals surface area contributed by atoms with Gasteiger partial charge >= 0.3 is 0 Å². The van der Waals surface area contributed by atoms with Crippen LogP contribution in [0.3, 0.4) is 0 Å². The van der Waals surface area contributed by atoms with Gasteiger partial charge in [0.2, 0.25) is 0 Å². The van der Waals surface area contributed by atoms with Gasteiger partial charge in [-0.1, -0.05) is 33.6 Å². The standard InChI is InChI=1S/C13H9BrClFOS/c1-7-6-18-13(12(7)15)11(17)4-8-2-3-9(16)5-10(8)14/h2-3,5-6H,4H2,1H3. The summed E-state index contributed by atoms with van der Waals surface area (Å²) in [5.74, 6) is -0.381. The van der Waals surface area contributed by atoms with Gasteiger partial charge in [0.15, 0.2) is 5.78 Å². The molecule has 1 nitrogen and oxygen atoms in total. The van der Waals surface area contributed by atoms with E-state index in [1.165, 1.54) is 23.5 Å². The zero-order valence-corrected chi connectivity index (χ0v) is 12.6. The molecule has 1 aromatic heterocycles. The summed E-state index contributed by atoms with van der Waals surface area (Å²) in [6, 6.07) is 4.30. The van der Waals surface area contributed by atoms with Crippen LogP contribution in [-0.2, 0) is 6.42 Å². The maximum atomic E-state index is 12.9. The Hall–Kier alpha value is -0.710. The highest BCUT2D eigenvalue weighted by Gasteiger charge is 2.16. The van der Waals surface area contributed by atoms with Crippen molar-refractivity contribution >= 4 is 44.7 Å². The molecular formula is C13H9BrClFOS. The number of carbonyl (C=O) groups is 1. The van der Waals surface area contributed by atoms with Gasteiger partial charge in [-0.15, -0.1) is 11.3 Å². The molecule has 0 N–H and O–H groups in total. The first-order chi connectivity index (χ1) is 8.49. The SMILES string of the molecule is Cc1csc(C(=O)Cc2ccc(F)cc2Br)c1Cl. The largest absolute Gasteiger partial charge is 0.293 e. The van der Waals surface area contributed by atoms with Gasteiger partial charge in [0, 0.05) is 10.9 Å². The predicted molar refractivity (Wildman–Crippen MR) is 76.2 cm³/mol. The maximum absolute atomic E-state index is 12.9. The number of carbonyl (C=O) groups excluding carboxylic acids is 1. The molecule has 0 aliphatic rings. The van der Waals surface area contributed by atoms with Gasteiger partial charge in [-0.25, -0.2) is 4.39 Å². The minimum Gasteiger partial charge on any atom is -0.293 e. The lowest BCUT2D eigenvalue weighted by atomic mass is 10.1. The number of halogens is 3. The normalized spacial score (nSPS) is 10.7. The molecule has 0 radical (unpaired) electrons. The second kappa shape index (κ2) is 5.51. The van der Waals surface area contributed by atoms with Crippen molar-refractivity contribution in [2.45, 2.75) is 13.3 Å². The van der Waals surface area contributed by atoms with Gasteiger partial charge in [-0.05, 0) is 35.6 Å². The van der Waals surface area contributed by atoms with E-state index in [1.807, 2.05) is 12.3 Å². The molecule has 0 amide bonds. The van der Waals surface area contributed by atoms with E-state index < -0.39 is 0 Å². The number of rotatable bonds is 3. The Kier molecular flexibility index (Phi) is 4.20. The first kappa shape index (κ1) is 13.7. The molecule has 2 aromatic rings. The molecule has 5 heteroatoms. The average Bonchev–Trinajstić information content (AvgIpc) is 2.64. The van der Waals surface area contributed by atoms with Crippen molar-refractivity contribution in [3.05, 3.63) is 54.9 Å². The molecule has 0 spiro atoms. The Labute approximate surface area is 122 Å². The number of ketones is 1. The summed E-state index contributed by atoms with van der Waals surface area (Å²) < 4.78 is 13.5. The molecule has 0 saturated heterocycles. The molecular weight excluding hydrogens is 339 g/mol. The van der Waals surface area contributed by atoms with Crippen molar-refractivity contribution in [2.75, 3.05) is 0 Å². The summed E-state index contributed by atoms with van der Waals surface area (Å²) in [6.45, 7) is 1.86.